The summed E-state index contributed by atoms with van der Waals surface area (Å²) in [4.78, 5) is 0.290. The molecule has 2 bridgehead atoms. The van der Waals surface area contributed by atoms with Gasteiger partial charge in [0.25, 0.3) is 0 Å². The maximum absolute atomic E-state index is 12.8. The van der Waals surface area contributed by atoms with Crippen LogP contribution in [0.3, 0.4) is 0 Å². The van der Waals surface area contributed by atoms with Gasteiger partial charge in [0.05, 0.1) is 9.92 Å². The van der Waals surface area contributed by atoms with Crippen LogP contribution in [-0.2, 0) is 10.0 Å². The summed E-state index contributed by atoms with van der Waals surface area (Å²) in [7, 11) is -3.47. The first-order chi connectivity index (χ1) is 9.39. The molecule has 2 unspecified atom stereocenters. The van der Waals surface area contributed by atoms with E-state index in [1.807, 2.05) is 0 Å². The van der Waals surface area contributed by atoms with Gasteiger partial charge in [-0.15, -0.1) is 11.6 Å². The fourth-order valence-electron chi connectivity index (χ4n) is 3.22. The lowest BCUT2D eigenvalue weighted by atomic mass is 10.1. The second-order valence-electron chi connectivity index (χ2n) is 5.36. The van der Waals surface area contributed by atoms with Crippen molar-refractivity contribution in [2.75, 3.05) is 0 Å². The number of piperidine rings is 1. The molecule has 2 aliphatic rings. The monoisotopic (exact) mass is 397 g/mol. The third-order valence-corrected chi connectivity index (χ3v) is 7.65. The zero-order chi connectivity index (χ0) is 14.5. The van der Waals surface area contributed by atoms with Crippen LogP contribution in [0.4, 0.5) is 0 Å². The van der Waals surface area contributed by atoms with Crippen LogP contribution in [0.1, 0.15) is 25.7 Å². The Morgan fingerprint density at radius 3 is 2.35 bits per heavy atom. The van der Waals surface area contributed by atoms with Crippen LogP contribution < -0.4 is 0 Å². The Morgan fingerprint density at radius 1 is 1.20 bits per heavy atom. The van der Waals surface area contributed by atoms with Crippen molar-refractivity contribution in [3.8, 4) is 0 Å². The lowest BCUT2D eigenvalue weighted by Crippen LogP contribution is -2.46. The van der Waals surface area contributed by atoms with Gasteiger partial charge < -0.3 is 0 Å². The molecular formula is C13H14BrCl2NO2S. The van der Waals surface area contributed by atoms with Crippen molar-refractivity contribution < 1.29 is 8.42 Å². The van der Waals surface area contributed by atoms with Gasteiger partial charge in [0.1, 0.15) is 0 Å². The molecule has 2 saturated heterocycles. The van der Waals surface area contributed by atoms with Gasteiger partial charge in [-0.1, -0.05) is 11.6 Å². The minimum absolute atomic E-state index is 0.0377. The van der Waals surface area contributed by atoms with E-state index in [1.165, 1.54) is 0 Å². The third kappa shape index (κ3) is 2.52. The summed E-state index contributed by atoms with van der Waals surface area (Å²) in [6.45, 7) is 0. The molecule has 7 heteroatoms. The van der Waals surface area contributed by atoms with Crippen LogP contribution in [0, 0.1) is 0 Å². The van der Waals surface area contributed by atoms with E-state index in [9.17, 15) is 8.42 Å². The molecule has 2 aliphatic heterocycles. The van der Waals surface area contributed by atoms with Crippen LogP contribution in [-0.4, -0.2) is 30.2 Å². The summed E-state index contributed by atoms with van der Waals surface area (Å²) in [5.41, 5.74) is 0. The van der Waals surface area contributed by atoms with Crippen molar-refractivity contribution in [1.82, 2.24) is 4.31 Å². The van der Waals surface area contributed by atoms with Crippen LogP contribution in [0.15, 0.2) is 27.6 Å². The second-order valence-corrected chi connectivity index (χ2v) is 9.09. The van der Waals surface area contributed by atoms with E-state index >= 15 is 0 Å². The number of rotatable bonds is 2. The van der Waals surface area contributed by atoms with Crippen LogP contribution in [0.5, 0.6) is 0 Å². The van der Waals surface area contributed by atoms with Gasteiger partial charge in [-0.25, -0.2) is 8.42 Å². The van der Waals surface area contributed by atoms with Gasteiger partial charge in [-0.2, -0.15) is 4.31 Å². The van der Waals surface area contributed by atoms with E-state index in [1.54, 1.807) is 22.5 Å². The number of fused-ring (bicyclic) bond motifs is 2. The average molecular weight is 399 g/mol. The molecule has 0 N–H and O–H groups in total. The smallest absolute Gasteiger partial charge is 0.207 e. The van der Waals surface area contributed by atoms with Crippen molar-refractivity contribution in [3.63, 3.8) is 0 Å². The summed E-state index contributed by atoms with van der Waals surface area (Å²) in [6, 6.07) is 4.82. The summed E-state index contributed by atoms with van der Waals surface area (Å²) in [5, 5.41) is 0.599. The Balaban J connectivity index is 1.98. The van der Waals surface area contributed by atoms with Crippen molar-refractivity contribution in [2.45, 2.75) is 48.0 Å². The molecule has 2 heterocycles. The quantitative estimate of drug-likeness (QED) is 0.705. The van der Waals surface area contributed by atoms with Crippen molar-refractivity contribution >= 4 is 49.2 Å². The van der Waals surface area contributed by atoms with Gasteiger partial charge in [-0.05, 0) is 59.8 Å². The van der Waals surface area contributed by atoms with E-state index in [0.717, 1.165) is 25.7 Å². The standard InChI is InChI=1S/C13H14BrCl2NO2S/c14-12-7-11(3-4-13(12)16)20(18,19)17-9-1-2-10(17)6-8(15)5-9/h3-4,7-10H,1-2,5-6H2. The predicted octanol–water partition coefficient (Wildman–Crippen LogP) is 4.03. The first kappa shape index (κ1) is 15.1. The first-order valence-electron chi connectivity index (χ1n) is 6.52. The SMILES string of the molecule is O=S(=O)(c1ccc(Cl)c(Br)c1)N1C2CCC1CC(Cl)C2. The summed E-state index contributed by atoms with van der Waals surface area (Å²) in [5.74, 6) is 0. The zero-order valence-electron chi connectivity index (χ0n) is 10.6. The fourth-order valence-corrected chi connectivity index (χ4v) is 6.20. The molecule has 2 atom stereocenters. The number of alkyl halides is 1. The molecule has 1 aromatic rings. The van der Waals surface area contributed by atoms with E-state index in [4.69, 9.17) is 23.2 Å². The molecule has 0 aliphatic carbocycles. The van der Waals surface area contributed by atoms with Gasteiger partial charge in [-0.3, -0.25) is 0 Å². The zero-order valence-corrected chi connectivity index (χ0v) is 14.5. The fraction of sp³-hybridized carbons (Fsp3) is 0.538. The Morgan fingerprint density at radius 2 is 1.80 bits per heavy atom. The number of nitrogens with zero attached hydrogens (tertiary/aromatic N) is 1. The number of sulfonamides is 1. The molecule has 0 amide bonds. The largest absolute Gasteiger partial charge is 0.243 e. The van der Waals surface area contributed by atoms with Crippen LogP contribution in [0.2, 0.25) is 5.02 Å². The van der Waals surface area contributed by atoms with E-state index in [0.29, 0.717) is 14.4 Å². The molecule has 0 aromatic heterocycles. The molecule has 110 valence electrons. The topological polar surface area (TPSA) is 37.4 Å². The maximum atomic E-state index is 12.8. The predicted molar refractivity (Wildman–Crippen MR) is 83.9 cm³/mol. The van der Waals surface area contributed by atoms with Gasteiger partial charge in [0.2, 0.25) is 10.0 Å². The average Bonchev–Trinajstić information content (AvgIpc) is 2.66. The molecular weight excluding hydrogens is 385 g/mol. The number of hydrogen-bond acceptors (Lipinski definition) is 2. The van der Waals surface area contributed by atoms with E-state index < -0.39 is 10.0 Å². The molecule has 0 saturated carbocycles. The van der Waals surface area contributed by atoms with Crippen molar-refractivity contribution in [3.05, 3.63) is 27.7 Å². The molecule has 0 radical (unpaired) electrons. The number of hydrogen-bond donors (Lipinski definition) is 0. The second kappa shape index (κ2) is 5.43. The lowest BCUT2D eigenvalue weighted by Gasteiger charge is -2.35. The van der Waals surface area contributed by atoms with E-state index in [2.05, 4.69) is 15.9 Å². The van der Waals surface area contributed by atoms with Gasteiger partial charge in [0.15, 0.2) is 0 Å². The summed E-state index contributed by atoms with van der Waals surface area (Å²) >= 11 is 15.4. The Kier molecular flexibility index (Phi) is 4.10. The van der Waals surface area contributed by atoms with Crippen LogP contribution >= 0.6 is 39.1 Å². The molecule has 0 spiro atoms. The number of benzene rings is 1. The summed E-state index contributed by atoms with van der Waals surface area (Å²) in [6.07, 6.45) is 3.29. The highest BCUT2D eigenvalue weighted by molar-refractivity contribution is 9.10. The minimum Gasteiger partial charge on any atom is -0.207 e. The molecule has 1 aromatic carbocycles. The minimum atomic E-state index is -3.47. The Hall–Kier alpha value is 0.190. The lowest BCUT2D eigenvalue weighted by molar-refractivity contribution is 0.251. The third-order valence-electron chi connectivity index (χ3n) is 4.08. The van der Waals surface area contributed by atoms with Crippen LogP contribution in [0.25, 0.3) is 0 Å². The maximum Gasteiger partial charge on any atom is 0.243 e. The molecule has 3 nitrogen and oxygen atoms in total. The number of halogens is 3. The molecule has 20 heavy (non-hydrogen) atoms. The Bertz CT molecular complexity index is 623. The van der Waals surface area contributed by atoms with Crippen molar-refractivity contribution in [1.29, 1.82) is 0 Å². The normalized spacial score (nSPS) is 30.6. The molecule has 2 fully saturated rings. The van der Waals surface area contributed by atoms with Gasteiger partial charge >= 0.3 is 0 Å². The van der Waals surface area contributed by atoms with E-state index in [-0.39, 0.29) is 17.5 Å². The highest BCUT2D eigenvalue weighted by Gasteiger charge is 2.46. The first-order valence-corrected chi connectivity index (χ1v) is 9.57. The highest BCUT2D eigenvalue weighted by atomic mass is 79.9. The highest BCUT2D eigenvalue weighted by Crippen LogP contribution is 2.41. The molecule has 3 rings (SSSR count). The van der Waals surface area contributed by atoms with Crippen molar-refractivity contribution in [2.24, 2.45) is 0 Å². The van der Waals surface area contributed by atoms with Gasteiger partial charge in [0, 0.05) is 21.9 Å². The summed E-state index contributed by atoms with van der Waals surface area (Å²) < 4.78 is 27.9. The Labute approximate surface area is 137 Å².